The van der Waals surface area contributed by atoms with Gasteiger partial charge in [0, 0.05) is 6.07 Å². The first-order chi connectivity index (χ1) is 13.2. The van der Waals surface area contributed by atoms with Crippen LogP contribution in [-0.4, -0.2) is 20.3 Å². The molecule has 3 rings (SSSR count). The number of benzene rings is 3. The molecule has 27 heavy (non-hydrogen) atoms. The van der Waals surface area contributed by atoms with Gasteiger partial charge < -0.3 is 24.8 Å². The van der Waals surface area contributed by atoms with Crippen LogP contribution in [0, 0.1) is 0 Å². The minimum absolute atomic E-state index is 0.425. The number of amides is 2. The number of urea groups is 1. The van der Waals surface area contributed by atoms with Gasteiger partial charge in [-0.1, -0.05) is 30.3 Å². The number of rotatable bonds is 6. The van der Waals surface area contributed by atoms with Crippen molar-refractivity contribution >= 4 is 17.4 Å². The fourth-order valence-corrected chi connectivity index (χ4v) is 2.46. The van der Waals surface area contributed by atoms with E-state index in [4.69, 9.17) is 14.2 Å². The largest absolute Gasteiger partial charge is 0.497 e. The lowest BCUT2D eigenvalue weighted by molar-refractivity contribution is 0.262. The van der Waals surface area contributed by atoms with E-state index in [9.17, 15) is 4.79 Å². The standard InChI is InChI=1S/C21H20N2O4/c1-25-16-12-13-19(26-2)18(14-16)23-21(24)22-17-10-6-7-11-20(17)27-15-8-4-3-5-9-15/h3-14H,1-2H3,(H2,22,23,24). The molecular weight excluding hydrogens is 344 g/mol. The second kappa shape index (κ2) is 8.62. The van der Waals surface area contributed by atoms with E-state index in [1.54, 1.807) is 37.4 Å². The van der Waals surface area contributed by atoms with Gasteiger partial charge >= 0.3 is 6.03 Å². The van der Waals surface area contributed by atoms with Crippen molar-refractivity contribution in [3.05, 3.63) is 72.8 Å². The number of hydrogen-bond acceptors (Lipinski definition) is 4. The summed E-state index contributed by atoms with van der Waals surface area (Å²) in [6.07, 6.45) is 0. The average Bonchev–Trinajstić information content (AvgIpc) is 2.70. The molecule has 0 radical (unpaired) electrons. The number of anilines is 2. The molecule has 0 spiro atoms. The third-order valence-corrected chi connectivity index (χ3v) is 3.76. The van der Waals surface area contributed by atoms with E-state index in [0.29, 0.717) is 34.4 Å². The van der Waals surface area contributed by atoms with Gasteiger partial charge in [0.15, 0.2) is 5.75 Å². The van der Waals surface area contributed by atoms with Crippen molar-refractivity contribution in [3.8, 4) is 23.0 Å². The van der Waals surface area contributed by atoms with E-state index in [-0.39, 0.29) is 0 Å². The Kier molecular flexibility index (Phi) is 5.79. The molecule has 6 heteroatoms. The van der Waals surface area contributed by atoms with Crippen molar-refractivity contribution in [2.45, 2.75) is 0 Å². The lowest BCUT2D eigenvalue weighted by Gasteiger charge is -2.14. The first-order valence-electron chi connectivity index (χ1n) is 8.31. The van der Waals surface area contributed by atoms with E-state index in [1.165, 1.54) is 7.11 Å². The van der Waals surface area contributed by atoms with Crippen molar-refractivity contribution in [3.63, 3.8) is 0 Å². The summed E-state index contributed by atoms with van der Waals surface area (Å²) >= 11 is 0. The summed E-state index contributed by atoms with van der Waals surface area (Å²) in [5.41, 5.74) is 1.04. The van der Waals surface area contributed by atoms with Gasteiger partial charge in [-0.2, -0.15) is 0 Å². The fourth-order valence-electron chi connectivity index (χ4n) is 2.46. The molecule has 0 aliphatic carbocycles. The number of nitrogens with one attached hydrogen (secondary N) is 2. The summed E-state index contributed by atoms with van der Waals surface area (Å²) in [5, 5.41) is 5.56. The molecule has 0 unspecified atom stereocenters. The first kappa shape index (κ1) is 18.1. The van der Waals surface area contributed by atoms with Gasteiger partial charge in [0.2, 0.25) is 0 Å². The van der Waals surface area contributed by atoms with Gasteiger partial charge in [-0.3, -0.25) is 0 Å². The maximum atomic E-state index is 12.5. The predicted molar refractivity (Wildman–Crippen MR) is 105 cm³/mol. The number of ether oxygens (including phenoxy) is 3. The molecule has 0 saturated carbocycles. The van der Waals surface area contributed by atoms with E-state index in [2.05, 4.69) is 10.6 Å². The summed E-state index contributed by atoms with van der Waals surface area (Å²) in [7, 11) is 3.09. The Balaban J connectivity index is 1.75. The van der Waals surface area contributed by atoms with Crippen LogP contribution in [0.25, 0.3) is 0 Å². The summed E-state index contributed by atoms with van der Waals surface area (Å²) in [4.78, 5) is 12.5. The smallest absolute Gasteiger partial charge is 0.323 e. The first-order valence-corrected chi connectivity index (χ1v) is 8.31. The summed E-state index contributed by atoms with van der Waals surface area (Å²) in [6.45, 7) is 0. The Morgan fingerprint density at radius 3 is 2.15 bits per heavy atom. The molecule has 2 amide bonds. The molecule has 3 aromatic carbocycles. The fraction of sp³-hybridized carbons (Fsp3) is 0.0952. The van der Waals surface area contributed by atoms with Gasteiger partial charge in [0.1, 0.15) is 17.2 Å². The zero-order valence-electron chi connectivity index (χ0n) is 15.1. The Morgan fingerprint density at radius 2 is 1.41 bits per heavy atom. The van der Waals surface area contributed by atoms with Crippen LogP contribution in [-0.2, 0) is 0 Å². The van der Waals surface area contributed by atoms with Gasteiger partial charge in [-0.05, 0) is 36.4 Å². The van der Waals surface area contributed by atoms with Crippen LogP contribution < -0.4 is 24.8 Å². The Hall–Kier alpha value is -3.67. The molecule has 0 bridgehead atoms. The number of para-hydroxylation sites is 3. The average molecular weight is 364 g/mol. The minimum atomic E-state index is -0.425. The third kappa shape index (κ3) is 4.70. The molecule has 0 aromatic heterocycles. The number of carbonyl (C=O) groups excluding carboxylic acids is 1. The van der Waals surface area contributed by atoms with Crippen LogP contribution in [0.4, 0.5) is 16.2 Å². The maximum absolute atomic E-state index is 12.5. The minimum Gasteiger partial charge on any atom is -0.497 e. The van der Waals surface area contributed by atoms with Crippen LogP contribution in [0.2, 0.25) is 0 Å². The molecule has 3 aromatic rings. The maximum Gasteiger partial charge on any atom is 0.323 e. The van der Waals surface area contributed by atoms with Crippen molar-refractivity contribution in [1.29, 1.82) is 0 Å². The Morgan fingerprint density at radius 1 is 0.704 bits per heavy atom. The summed E-state index contributed by atoms with van der Waals surface area (Å²) in [5.74, 6) is 2.36. The highest BCUT2D eigenvalue weighted by molar-refractivity contribution is 6.01. The zero-order chi connectivity index (χ0) is 19.1. The van der Waals surface area contributed by atoms with Gasteiger partial charge in [-0.15, -0.1) is 0 Å². The normalized spacial score (nSPS) is 10.0. The number of carbonyl (C=O) groups is 1. The van der Waals surface area contributed by atoms with Crippen LogP contribution >= 0.6 is 0 Å². The van der Waals surface area contributed by atoms with Gasteiger partial charge in [0.25, 0.3) is 0 Å². The van der Waals surface area contributed by atoms with Crippen molar-refractivity contribution in [2.75, 3.05) is 24.9 Å². The van der Waals surface area contributed by atoms with E-state index in [0.717, 1.165) is 0 Å². The highest BCUT2D eigenvalue weighted by atomic mass is 16.5. The molecule has 0 saturated heterocycles. The molecule has 138 valence electrons. The van der Waals surface area contributed by atoms with Crippen LogP contribution in [0.1, 0.15) is 0 Å². The highest BCUT2D eigenvalue weighted by Gasteiger charge is 2.12. The number of methoxy groups -OCH3 is 2. The second-order valence-electron chi connectivity index (χ2n) is 5.56. The number of hydrogen-bond donors (Lipinski definition) is 2. The molecule has 0 heterocycles. The monoisotopic (exact) mass is 364 g/mol. The molecule has 0 atom stereocenters. The molecule has 2 N–H and O–H groups in total. The molecule has 6 nitrogen and oxygen atoms in total. The predicted octanol–water partition coefficient (Wildman–Crippen LogP) is 5.14. The van der Waals surface area contributed by atoms with Crippen molar-refractivity contribution in [2.24, 2.45) is 0 Å². The van der Waals surface area contributed by atoms with E-state index < -0.39 is 6.03 Å². The van der Waals surface area contributed by atoms with Crippen LogP contribution in [0.3, 0.4) is 0 Å². The molecule has 0 fully saturated rings. The Bertz CT molecular complexity index is 913. The third-order valence-electron chi connectivity index (χ3n) is 3.76. The molecule has 0 aliphatic rings. The van der Waals surface area contributed by atoms with E-state index >= 15 is 0 Å². The van der Waals surface area contributed by atoms with Crippen molar-refractivity contribution in [1.82, 2.24) is 0 Å². The van der Waals surface area contributed by atoms with Crippen LogP contribution in [0.5, 0.6) is 23.0 Å². The van der Waals surface area contributed by atoms with Gasteiger partial charge in [0.05, 0.1) is 25.6 Å². The van der Waals surface area contributed by atoms with Crippen LogP contribution in [0.15, 0.2) is 72.8 Å². The van der Waals surface area contributed by atoms with Gasteiger partial charge in [-0.25, -0.2) is 4.79 Å². The molecular formula is C21H20N2O4. The van der Waals surface area contributed by atoms with E-state index in [1.807, 2.05) is 42.5 Å². The van der Waals surface area contributed by atoms with Crippen molar-refractivity contribution < 1.29 is 19.0 Å². The Labute approximate surface area is 157 Å². The second-order valence-corrected chi connectivity index (χ2v) is 5.56. The quantitative estimate of drug-likeness (QED) is 0.635. The summed E-state index contributed by atoms with van der Waals surface area (Å²) < 4.78 is 16.3. The lowest BCUT2D eigenvalue weighted by Crippen LogP contribution is -2.20. The zero-order valence-corrected chi connectivity index (χ0v) is 15.1. The summed E-state index contributed by atoms with van der Waals surface area (Å²) in [6, 6.07) is 21.3. The highest BCUT2D eigenvalue weighted by Crippen LogP contribution is 2.31. The SMILES string of the molecule is COc1ccc(OC)c(NC(=O)Nc2ccccc2Oc2ccccc2)c1. The molecule has 0 aliphatic heterocycles. The lowest BCUT2D eigenvalue weighted by atomic mass is 10.2. The topological polar surface area (TPSA) is 68.8 Å².